The van der Waals surface area contributed by atoms with Crippen molar-refractivity contribution in [3.63, 3.8) is 0 Å². The molecule has 0 atom stereocenters. The van der Waals surface area contributed by atoms with Crippen molar-refractivity contribution in [3.8, 4) is 0 Å². The summed E-state index contributed by atoms with van der Waals surface area (Å²) in [6, 6.07) is 5.76. The third-order valence-corrected chi connectivity index (χ3v) is 3.55. The topological polar surface area (TPSA) is 42.0 Å². The summed E-state index contributed by atoms with van der Waals surface area (Å²) < 4.78 is 0. The Bertz CT molecular complexity index is 546. The lowest BCUT2D eigenvalue weighted by Crippen LogP contribution is -2.19. The molecule has 2 heterocycles. The molecule has 0 aliphatic carbocycles. The molecule has 2 rings (SSSR count). The summed E-state index contributed by atoms with van der Waals surface area (Å²) >= 11 is 1.66. The Kier molecular flexibility index (Phi) is 4.25. The Morgan fingerprint density at radius 3 is 2.83 bits per heavy atom. The number of thiophene rings is 1. The average molecular weight is 258 g/mol. The molecule has 4 heteroatoms. The predicted molar refractivity (Wildman–Crippen MR) is 74.2 cm³/mol. The van der Waals surface area contributed by atoms with Crippen LogP contribution >= 0.6 is 11.3 Å². The van der Waals surface area contributed by atoms with Crippen molar-refractivity contribution in [1.29, 1.82) is 0 Å². The van der Waals surface area contributed by atoms with Gasteiger partial charge in [0.05, 0.1) is 6.54 Å². The molecule has 0 bridgehead atoms. The molecule has 2 aromatic rings. The van der Waals surface area contributed by atoms with Crippen LogP contribution in [0.15, 0.2) is 42.0 Å². The number of pyridine rings is 1. The maximum atomic E-state index is 11.6. The van der Waals surface area contributed by atoms with Crippen LogP contribution in [0.25, 0.3) is 6.08 Å². The molecular weight excluding hydrogens is 244 g/mol. The summed E-state index contributed by atoms with van der Waals surface area (Å²) in [5.41, 5.74) is 2.19. The molecule has 2 aromatic heterocycles. The molecule has 18 heavy (non-hydrogen) atoms. The van der Waals surface area contributed by atoms with Crippen LogP contribution in [0.5, 0.6) is 0 Å². The maximum Gasteiger partial charge on any atom is 0.244 e. The van der Waals surface area contributed by atoms with Crippen LogP contribution in [0.3, 0.4) is 0 Å². The van der Waals surface area contributed by atoms with E-state index in [2.05, 4.69) is 16.4 Å². The summed E-state index contributed by atoms with van der Waals surface area (Å²) in [6.45, 7) is 2.63. The SMILES string of the molecule is Cc1ccsc1CNC(=O)/C=C/c1ccncc1. The highest BCUT2D eigenvalue weighted by atomic mass is 32.1. The van der Waals surface area contributed by atoms with Crippen molar-refractivity contribution >= 4 is 23.3 Å². The zero-order valence-electron chi connectivity index (χ0n) is 10.1. The van der Waals surface area contributed by atoms with Gasteiger partial charge >= 0.3 is 0 Å². The normalized spacial score (nSPS) is 10.7. The fourth-order valence-electron chi connectivity index (χ4n) is 1.46. The highest BCUT2D eigenvalue weighted by Crippen LogP contribution is 2.14. The van der Waals surface area contributed by atoms with Crippen LogP contribution in [-0.4, -0.2) is 10.9 Å². The minimum atomic E-state index is -0.0837. The molecule has 0 spiro atoms. The minimum absolute atomic E-state index is 0.0837. The van der Waals surface area contributed by atoms with Gasteiger partial charge < -0.3 is 5.32 Å². The van der Waals surface area contributed by atoms with Crippen molar-refractivity contribution in [1.82, 2.24) is 10.3 Å². The van der Waals surface area contributed by atoms with Gasteiger partial charge in [0, 0.05) is 23.3 Å². The number of hydrogen-bond acceptors (Lipinski definition) is 3. The zero-order chi connectivity index (χ0) is 12.8. The summed E-state index contributed by atoms with van der Waals surface area (Å²) in [7, 11) is 0. The second-order valence-electron chi connectivity index (χ2n) is 3.86. The van der Waals surface area contributed by atoms with Gasteiger partial charge in [-0.2, -0.15) is 0 Å². The first kappa shape index (κ1) is 12.5. The van der Waals surface area contributed by atoms with Crippen molar-refractivity contribution in [2.75, 3.05) is 0 Å². The largest absolute Gasteiger partial charge is 0.348 e. The molecular formula is C14H14N2OS. The number of aryl methyl sites for hydroxylation is 1. The van der Waals surface area contributed by atoms with E-state index in [9.17, 15) is 4.79 Å². The number of hydrogen-bond donors (Lipinski definition) is 1. The van der Waals surface area contributed by atoms with Gasteiger partial charge in [-0.15, -0.1) is 11.3 Å². The lowest BCUT2D eigenvalue weighted by Gasteiger charge is -2.00. The highest BCUT2D eigenvalue weighted by molar-refractivity contribution is 7.10. The molecule has 0 aliphatic heterocycles. The second-order valence-corrected chi connectivity index (χ2v) is 4.86. The lowest BCUT2D eigenvalue weighted by atomic mass is 10.2. The van der Waals surface area contributed by atoms with Gasteiger partial charge in [-0.3, -0.25) is 9.78 Å². The lowest BCUT2D eigenvalue weighted by molar-refractivity contribution is -0.116. The van der Waals surface area contributed by atoms with Crippen LogP contribution in [-0.2, 0) is 11.3 Å². The number of nitrogens with zero attached hydrogens (tertiary/aromatic N) is 1. The van der Waals surface area contributed by atoms with E-state index in [1.54, 1.807) is 29.8 Å². The van der Waals surface area contributed by atoms with Crippen LogP contribution in [0.2, 0.25) is 0 Å². The predicted octanol–water partition coefficient (Wildman–Crippen LogP) is 2.78. The maximum absolute atomic E-state index is 11.6. The van der Waals surface area contributed by atoms with E-state index < -0.39 is 0 Å². The Labute approximate surface area is 110 Å². The molecule has 0 aliphatic rings. The Morgan fingerprint density at radius 2 is 2.17 bits per heavy atom. The van der Waals surface area contributed by atoms with Crippen LogP contribution in [0, 0.1) is 6.92 Å². The van der Waals surface area contributed by atoms with E-state index in [1.165, 1.54) is 16.5 Å². The van der Waals surface area contributed by atoms with E-state index in [4.69, 9.17) is 0 Å². The number of carbonyl (C=O) groups excluding carboxylic acids is 1. The van der Waals surface area contributed by atoms with Crippen LogP contribution in [0.4, 0.5) is 0 Å². The van der Waals surface area contributed by atoms with E-state index in [0.717, 1.165) is 5.56 Å². The monoisotopic (exact) mass is 258 g/mol. The third kappa shape index (κ3) is 3.53. The van der Waals surface area contributed by atoms with E-state index in [-0.39, 0.29) is 5.91 Å². The Balaban J connectivity index is 1.86. The fourth-order valence-corrected chi connectivity index (χ4v) is 2.30. The molecule has 0 fully saturated rings. The molecule has 0 saturated carbocycles. The molecule has 92 valence electrons. The second kappa shape index (κ2) is 6.12. The van der Waals surface area contributed by atoms with Crippen molar-refractivity contribution in [2.45, 2.75) is 13.5 Å². The molecule has 0 unspecified atom stereocenters. The number of amides is 1. The number of carbonyl (C=O) groups is 1. The van der Waals surface area contributed by atoms with Gasteiger partial charge in [0.2, 0.25) is 5.91 Å². The minimum Gasteiger partial charge on any atom is -0.348 e. The van der Waals surface area contributed by atoms with Crippen molar-refractivity contribution < 1.29 is 4.79 Å². The van der Waals surface area contributed by atoms with E-state index in [1.807, 2.05) is 24.4 Å². The van der Waals surface area contributed by atoms with Crippen molar-refractivity contribution in [3.05, 3.63) is 58.1 Å². The average Bonchev–Trinajstić information content (AvgIpc) is 2.81. The molecule has 0 aromatic carbocycles. The zero-order valence-corrected chi connectivity index (χ0v) is 10.9. The number of rotatable bonds is 4. The van der Waals surface area contributed by atoms with Gasteiger partial charge in [-0.05, 0) is 47.7 Å². The first-order valence-corrected chi connectivity index (χ1v) is 6.52. The Morgan fingerprint density at radius 1 is 1.39 bits per heavy atom. The van der Waals surface area contributed by atoms with Gasteiger partial charge in [0.1, 0.15) is 0 Å². The summed E-state index contributed by atoms with van der Waals surface area (Å²) in [4.78, 5) is 16.7. The summed E-state index contributed by atoms with van der Waals surface area (Å²) in [6.07, 6.45) is 6.72. The first-order chi connectivity index (χ1) is 8.75. The van der Waals surface area contributed by atoms with Crippen LogP contribution in [0.1, 0.15) is 16.0 Å². The van der Waals surface area contributed by atoms with E-state index in [0.29, 0.717) is 6.54 Å². The van der Waals surface area contributed by atoms with Crippen molar-refractivity contribution in [2.24, 2.45) is 0 Å². The number of nitrogens with one attached hydrogen (secondary N) is 1. The first-order valence-electron chi connectivity index (χ1n) is 5.64. The Hall–Kier alpha value is -1.94. The summed E-state index contributed by atoms with van der Waals surface area (Å²) in [5, 5.41) is 4.90. The molecule has 3 nitrogen and oxygen atoms in total. The summed E-state index contributed by atoms with van der Waals surface area (Å²) in [5.74, 6) is -0.0837. The molecule has 1 N–H and O–H groups in total. The highest BCUT2D eigenvalue weighted by Gasteiger charge is 2.01. The molecule has 0 radical (unpaired) electrons. The standard InChI is InChI=1S/C14H14N2OS/c1-11-6-9-18-13(11)10-16-14(17)3-2-12-4-7-15-8-5-12/h2-9H,10H2,1H3,(H,16,17)/b3-2+. The molecule has 1 amide bonds. The van der Waals surface area contributed by atoms with Gasteiger partial charge in [0.25, 0.3) is 0 Å². The van der Waals surface area contributed by atoms with E-state index >= 15 is 0 Å². The van der Waals surface area contributed by atoms with Crippen LogP contribution < -0.4 is 5.32 Å². The van der Waals surface area contributed by atoms with Gasteiger partial charge in [-0.1, -0.05) is 0 Å². The third-order valence-electron chi connectivity index (χ3n) is 2.52. The molecule has 0 saturated heterocycles. The smallest absolute Gasteiger partial charge is 0.244 e. The van der Waals surface area contributed by atoms with Gasteiger partial charge in [-0.25, -0.2) is 0 Å². The fraction of sp³-hybridized carbons (Fsp3) is 0.143. The van der Waals surface area contributed by atoms with Gasteiger partial charge in [0.15, 0.2) is 0 Å². The number of aromatic nitrogens is 1. The quantitative estimate of drug-likeness (QED) is 0.857.